The summed E-state index contributed by atoms with van der Waals surface area (Å²) >= 11 is 0. The molecule has 162 valence electrons. The highest BCUT2D eigenvalue weighted by Crippen LogP contribution is 2.39. The molecule has 2 atom stereocenters. The lowest BCUT2D eigenvalue weighted by Gasteiger charge is -2.29. The molecular weight excluding hydrogens is 394 g/mol. The van der Waals surface area contributed by atoms with Crippen molar-refractivity contribution in [3.63, 3.8) is 0 Å². The van der Waals surface area contributed by atoms with Crippen LogP contribution in [0.5, 0.6) is 5.75 Å². The first-order valence-corrected chi connectivity index (χ1v) is 11.3. The van der Waals surface area contributed by atoms with E-state index in [1.165, 1.54) is 5.56 Å². The molecule has 2 aliphatic carbocycles. The first kappa shape index (κ1) is 20.5. The Kier molecular flexibility index (Phi) is 5.09. The zero-order chi connectivity index (χ0) is 22.2. The third-order valence-electron chi connectivity index (χ3n) is 6.59. The van der Waals surface area contributed by atoms with E-state index in [-0.39, 0.29) is 16.6 Å². The summed E-state index contributed by atoms with van der Waals surface area (Å²) in [5, 5.41) is 20.6. The Morgan fingerprint density at radius 2 is 1.44 bits per heavy atom. The van der Waals surface area contributed by atoms with E-state index in [1.54, 1.807) is 4.80 Å². The van der Waals surface area contributed by atoms with E-state index in [2.05, 4.69) is 78.7 Å². The summed E-state index contributed by atoms with van der Waals surface area (Å²) in [4.78, 5) is 1.59. The predicted molar refractivity (Wildman–Crippen MR) is 130 cm³/mol. The zero-order valence-electron chi connectivity index (χ0n) is 18.7. The van der Waals surface area contributed by atoms with Crippen molar-refractivity contribution >= 4 is 11.0 Å². The fraction of sp³-hybridized carbons (Fsp3) is 0.286. The fourth-order valence-electron chi connectivity index (χ4n) is 4.81. The second-order valence-electron chi connectivity index (χ2n) is 9.75. The van der Waals surface area contributed by atoms with Gasteiger partial charge in [-0.3, -0.25) is 0 Å². The van der Waals surface area contributed by atoms with Crippen LogP contribution in [-0.4, -0.2) is 20.1 Å². The zero-order valence-corrected chi connectivity index (χ0v) is 18.7. The molecule has 2 aromatic carbocycles. The summed E-state index contributed by atoms with van der Waals surface area (Å²) in [6.45, 7) is 4.53. The fourth-order valence-corrected chi connectivity index (χ4v) is 4.81. The van der Waals surface area contributed by atoms with Gasteiger partial charge in [-0.1, -0.05) is 80.7 Å². The van der Waals surface area contributed by atoms with Crippen molar-refractivity contribution in [3.8, 4) is 11.4 Å². The van der Waals surface area contributed by atoms with E-state index in [0.717, 1.165) is 42.3 Å². The maximum absolute atomic E-state index is 11.3. The number of aromatic hydroxyl groups is 1. The van der Waals surface area contributed by atoms with Crippen molar-refractivity contribution in [2.24, 2.45) is 10.8 Å². The number of benzene rings is 2. The molecule has 0 fully saturated rings. The normalized spacial score (nSPS) is 24.4. The van der Waals surface area contributed by atoms with Crippen LogP contribution >= 0.6 is 0 Å². The third kappa shape index (κ3) is 4.05. The van der Waals surface area contributed by atoms with E-state index in [0.29, 0.717) is 5.69 Å². The maximum atomic E-state index is 11.3. The van der Waals surface area contributed by atoms with Gasteiger partial charge in [0, 0.05) is 0 Å². The molecule has 2 unspecified atom stereocenters. The van der Waals surface area contributed by atoms with E-state index in [9.17, 15) is 5.11 Å². The lowest BCUT2D eigenvalue weighted by atomic mass is 9.76. The predicted octanol–water partition coefficient (Wildman–Crippen LogP) is 6.26. The molecule has 0 spiro atoms. The van der Waals surface area contributed by atoms with Gasteiger partial charge < -0.3 is 5.11 Å². The molecule has 32 heavy (non-hydrogen) atoms. The Balaban J connectivity index is 1.59. The average molecular weight is 424 g/mol. The van der Waals surface area contributed by atoms with Gasteiger partial charge in [0.15, 0.2) is 0 Å². The van der Waals surface area contributed by atoms with E-state index in [1.807, 2.05) is 30.3 Å². The van der Waals surface area contributed by atoms with Gasteiger partial charge in [0.05, 0.1) is 0 Å². The standard InChI is InChI=1S/C28H29N3O/c1-27(13-7-3-8-14-27)19-21-17-22(20-28(2)15-9-4-10-16-28)26(32)25(18-21)31-29-23-11-5-6-12-24(23)30-31/h3-13,15,17-18,32H,14,16,19-20H2,1-2H3. The maximum Gasteiger partial charge on any atom is 0.146 e. The van der Waals surface area contributed by atoms with Crippen LogP contribution in [0.3, 0.4) is 0 Å². The van der Waals surface area contributed by atoms with Gasteiger partial charge >= 0.3 is 0 Å². The van der Waals surface area contributed by atoms with Crippen LogP contribution in [0, 0.1) is 10.8 Å². The van der Waals surface area contributed by atoms with Gasteiger partial charge in [-0.05, 0) is 65.8 Å². The number of phenolic OH excluding ortho intramolecular Hbond substituents is 1. The first-order chi connectivity index (χ1) is 15.4. The van der Waals surface area contributed by atoms with Crippen molar-refractivity contribution < 1.29 is 5.11 Å². The van der Waals surface area contributed by atoms with Crippen LogP contribution < -0.4 is 0 Å². The molecular formula is C28H29N3O. The summed E-state index contributed by atoms with van der Waals surface area (Å²) in [5.41, 5.74) is 4.45. The van der Waals surface area contributed by atoms with Gasteiger partial charge in [0.25, 0.3) is 0 Å². The van der Waals surface area contributed by atoms with Crippen molar-refractivity contribution in [1.82, 2.24) is 15.0 Å². The number of allylic oxidation sites excluding steroid dienone is 8. The lowest BCUT2D eigenvalue weighted by Crippen LogP contribution is -2.20. The molecule has 0 aliphatic heterocycles. The molecule has 0 saturated heterocycles. The smallest absolute Gasteiger partial charge is 0.146 e. The topological polar surface area (TPSA) is 50.9 Å². The minimum absolute atomic E-state index is 0.0260. The van der Waals surface area contributed by atoms with Crippen molar-refractivity contribution in [3.05, 3.63) is 96.1 Å². The summed E-state index contributed by atoms with van der Waals surface area (Å²) in [5.74, 6) is 0.266. The van der Waals surface area contributed by atoms with Crippen LogP contribution in [-0.2, 0) is 12.8 Å². The first-order valence-electron chi connectivity index (χ1n) is 11.3. The average Bonchev–Trinajstić information content (AvgIpc) is 3.20. The van der Waals surface area contributed by atoms with Gasteiger partial charge in [0.2, 0.25) is 0 Å². The molecule has 2 aliphatic rings. The molecule has 0 bridgehead atoms. The Morgan fingerprint density at radius 1 is 0.844 bits per heavy atom. The second kappa shape index (κ2) is 7.94. The monoisotopic (exact) mass is 423 g/mol. The Hall–Kier alpha value is -3.40. The van der Waals surface area contributed by atoms with Crippen LogP contribution in [0.2, 0.25) is 0 Å². The number of nitrogens with zero attached hydrogens (tertiary/aromatic N) is 3. The largest absolute Gasteiger partial charge is 0.505 e. The second-order valence-corrected chi connectivity index (χ2v) is 9.75. The van der Waals surface area contributed by atoms with Crippen LogP contribution in [0.15, 0.2) is 85.0 Å². The third-order valence-corrected chi connectivity index (χ3v) is 6.59. The van der Waals surface area contributed by atoms with Crippen LogP contribution in [0.25, 0.3) is 16.7 Å². The number of hydrogen-bond donors (Lipinski definition) is 1. The summed E-state index contributed by atoms with van der Waals surface area (Å²) in [7, 11) is 0. The highest BCUT2D eigenvalue weighted by molar-refractivity contribution is 5.73. The minimum Gasteiger partial charge on any atom is -0.505 e. The number of rotatable bonds is 5. The molecule has 4 heteroatoms. The van der Waals surface area contributed by atoms with Gasteiger partial charge in [-0.25, -0.2) is 0 Å². The Bertz CT molecular complexity index is 1250. The van der Waals surface area contributed by atoms with Crippen LogP contribution in [0.4, 0.5) is 0 Å². The molecule has 0 radical (unpaired) electrons. The highest BCUT2D eigenvalue weighted by atomic mass is 16.3. The van der Waals surface area contributed by atoms with Gasteiger partial charge in [-0.2, -0.15) is 0 Å². The number of hydrogen-bond acceptors (Lipinski definition) is 3. The Morgan fingerprint density at radius 3 is 2.00 bits per heavy atom. The summed E-state index contributed by atoms with van der Waals surface area (Å²) in [6.07, 6.45) is 21.0. The molecule has 0 amide bonds. The molecule has 1 N–H and O–H groups in total. The van der Waals surface area contributed by atoms with Crippen LogP contribution in [0.1, 0.15) is 37.8 Å². The minimum atomic E-state index is -0.0260. The quantitative estimate of drug-likeness (QED) is 0.527. The number of phenols is 1. The molecule has 1 heterocycles. The van der Waals surface area contributed by atoms with Gasteiger partial charge in [0.1, 0.15) is 22.5 Å². The Labute approximate surface area is 189 Å². The highest BCUT2D eigenvalue weighted by Gasteiger charge is 2.27. The SMILES string of the molecule is CC1(Cc2cc(CC3(C)C=CC=CC3)c(O)c(-n3nc4ccccc4n3)c2)C=CC=CC1. The molecule has 5 rings (SSSR count). The van der Waals surface area contributed by atoms with E-state index in [4.69, 9.17) is 0 Å². The van der Waals surface area contributed by atoms with E-state index < -0.39 is 0 Å². The van der Waals surface area contributed by atoms with E-state index >= 15 is 0 Å². The number of fused-ring (bicyclic) bond motifs is 1. The van der Waals surface area contributed by atoms with Crippen molar-refractivity contribution in [1.29, 1.82) is 0 Å². The number of aromatic nitrogens is 3. The molecule has 4 nitrogen and oxygen atoms in total. The van der Waals surface area contributed by atoms with Crippen molar-refractivity contribution in [2.45, 2.75) is 39.5 Å². The molecule has 1 aromatic heterocycles. The summed E-state index contributed by atoms with van der Waals surface area (Å²) in [6, 6.07) is 12.0. The molecule has 0 saturated carbocycles. The van der Waals surface area contributed by atoms with Crippen molar-refractivity contribution in [2.75, 3.05) is 0 Å². The summed E-state index contributed by atoms with van der Waals surface area (Å²) < 4.78 is 0. The molecule has 3 aromatic rings. The lowest BCUT2D eigenvalue weighted by molar-refractivity contribution is 0.402. The van der Waals surface area contributed by atoms with Gasteiger partial charge in [-0.15, -0.1) is 15.0 Å².